The first kappa shape index (κ1) is 20.6. The fourth-order valence-corrected chi connectivity index (χ4v) is 4.42. The van der Waals surface area contributed by atoms with E-state index < -0.39 is 0 Å². The lowest BCUT2D eigenvalue weighted by Crippen LogP contribution is -2.51. The molecule has 0 radical (unpaired) electrons. The SMILES string of the molecule is Cc1cc(N2CCN(C(=O)C3CC(=O)N(c4cc(Cl)ccc4C)C3)CC2)nc(C)n1. The van der Waals surface area contributed by atoms with Crippen LogP contribution in [0.4, 0.5) is 11.5 Å². The molecule has 1 unspecified atom stereocenters. The summed E-state index contributed by atoms with van der Waals surface area (Å²) in [4.78, 5) is 40.3. The molecule has 2 fully saturated rings. The fourth-order valence-electron chi connectivity index (χ4n) is 4.25. The minimum Gasteiger partial charge on any atom is -0.353 e. The highest BCUT2D eigenvalue weighted by Crippen LogP contribution is 2.31. The van der Waals surface area contributed by atoms with E-state index in [2.05, 4.69) is 14.9 Å². The second kappa shape index (κ2) is 8.22. The highest BCUT2D eigenvalue weighted by molar-refractivity contribution is 6.31. The second-order valence-electron chi connectivity index (χ2n) is 8.06. The molecule has 2 amide bonds. The van der Waals surface area contributed by atoms with Gasteiger partial charge >= 0.3 is 0 Å². The molecule has 0 bridgehead atoms. The molecule has 1 aromatic carbocycles. The minimum atomic E-state index is -0.314. The molecule has 0 aliphatic carbocycles. The Labute approximate surface area is 181 Å². The van der Waals surface area contributed by atoms with Crippen LogP contribution in [0, 0.1) is 26.7 Å². The van der Waals surface area contributed by atoms with E-state index >= 15 is 0 Å². The molecular formula is C22H26ClN5O2. The number of aryl methyl sites for hydroxylation is 3. The van der Waals surface area contributed by atoms with Crippen LogP contribution in [-0.2, 0) is 9.59 Å². The van der Waals surface area contributed by atoms with Gasteiger partial charge in [-0.25, -0.2) is 9.97 Å². The Morgan fingerprint density at radius 2 is 1.80 bits per heavy atom. The molecule has 0 saturated carbocycles. The molecular weight excluding hydrogens is 402 g/mol. The monoisotopic (exact) mass is 427 g/mol. The van der Waals surface area contributed by atoms with Crippen molar-refractivity contribution in [1.82, 2.24) is 14.9 Å². The highest BCUT2D eigenvalue weighted by Gasteiger charge is 2.38. The molecule has 3 heterocycles. The Bertz CT molecular complexity index is 967. The third kappa shape index (κ3) is 4.12. The van der Waals surface area contributed by atoms with Crippen molar-refractivity contribution >= 4 is 34.9 Å². The number of benzene rings is 1. The van der Waals surface area contributed by atoms with Crippen molar-refractivity contribution in [1.29, 1.82) is 0 Å². The Hall–Kier alpha value is -2.67. The van der Waals surface area contributed by atoms with Gasteiger partial charge in [-0.2, -0.15) is 0 Å². The lowest BCUT2D eigenvalue weighted by molar-refractivity contribution is -0.136. The van der Waals surface area contributed by atoms with Gasteiger partial charge in [0.25, 0.3) is 0 Å². The Balaban J connectivity index is 1.40. The molecule has 1 aromatic heterocycles. The molecule has 4 rings (SSSR count). The van der Waals surface area contributed by atoms with Gasteiger partial charge < -0.3 is 14.7 Å². The summed E-state index contributed by atoms with van der Waals surface area (Å²) in [5.41, 5.74) is 2.71. The smallest absolute Gasteiger partial charge is 0.228 e. The highest BCUT2D eigenvalue weighted by atomic mass is 35.5. The fraction of sp³-hybridized carbons (Fsp3) is 0.455. The maximum Gasteiger partial charge on any atom is 0.228 e. The number of halogens is 1. The van der Waals surface area contributed by atoms with Gasteiger partial charge in [0.15, 0.2) is 0 Å². The first-order chi connectivity index (χ1) is 14.3. The molecule has 2 aliphatic rings. The van der Waals surface area contributed by atoms with Gasteiger partial charge in [0.2, 0.25) is 11.8 Å². The van der Waals surface area contributed by atoms with Crippen LogP contribution < -0.4 is 9.80 Å². The van der Waals surface area contributed by atoms with E-state index in [1.807, 2.05) is 43.9 Å². The third-order valence-corrected chi connectivity index (χ3v) is 6.04. The van der Waals surface area contributed by atoms with Crippen LogP contribution in [0.2, 0.25) is 5.02 Å². The summed E-state index contributed by atoms with van der Waals surface area (Å²) in [5.74, 6) is 1.38. The van der Waals surface area contributed by atoms with Crippen LogP contribution in [0.15, 0.2) is 24.3 Å². The van der Waals surface area contributed by atoms with Crippen molar-refractivity contribution in [3.05, 3.63) is 46.4 Å². The lowest BCUT2D eigenvalue weighted by atomic mass is 10.1. The quantitative estimate of drug-likeness (QED) is 0.753. The van der Waals surface area contributed by atoms with Crippen LogP contribution in [0.5, 0.6) is 0 Å². The van der Waals surface area contributed by atoms with Crippen molar-refractivity contribution in [2.24, 2.45) is 5.92 Å². The number of hydrogen-bond acceptors (Lipinski definition) is 5. The van der Waals surface area contributed by atoms with Crippen LogP contribution in [0.3, 0.4) is 0 Å². The molecule has 2 aliphatic heterocycles. The summed E-state index contributed by atoms with van der Waals surface area (Å²) in [6.45, 7) is 8.90. The maximum atomic E-state index is 13.1. The van der Waals surface area contributed by atoms with E-state index in [0.717, 1.165) is 41.7 Å². The predicted molar refractivity (Wildman–Crippen MR) is 117 cm³/mol. The molecule has 2 aromatic rings. The van der Waals surface area contributed by atoms with Crippen LogP contribution in [0.1, 0.15) is 23.5 Å². The van der Waals surface area contributed by atoms with E-state index in [1.54, 1.807) is 11.0 Å². The molecule has 158 valence electrons. The molecule has 7 nitrogen and oxygen atoms in total. The summed E-state index contributed by atoms with van der Waals surface area (Å²) >= 11 is 6.12. The summed E-state index contributed by atoms with van der Waals surface area (Å²) in [6.07, 6.45) is 0.245. The van der Waals surface area contributed by atoms with Gasteiger partial charge in [-0.15, -0.1) is 0 Å². The Morgan fingerprint density at radius 1 is 1.07 bits per heavy atom. The first-order valence-corrected chi connectivity index (χ1v) is 10.6. The Kier molecular flexibility index (Phi) is 5.64. The zero-order chi connectivity index (χ0) is 21.4. The van der Waals surface area contributed by atoms with Crippen molar-refractivity contribution in [2.45, 2.75) is 27.2 Å². The lowest BCUT2D eigenvalue weighted by Gasteiger charge is -2.36. The van der Waals surface area contributed by atoms with Crippen molar-refractivity contribution in [3.8, 4) is 0 Å². The number of carbonyl (C=O) groups is 2. The van der Waals surface area contributed by atoms with Crippen LogP contribution >= 0.6 is 11.6 Å². The van der Waals surface area contributed by atoms with Crippen LogP contribution in [-0.4, -0.2) is 59.4 Å². The van der Waals surface area contributed by atoms with Gasteiger partial charge in [0.05, 0.1) is 5.92 Å². The molecule has 0 N–H and O–H groups in total. The number of aromatic nitrogens is 2. The number of amides is 2. The van der Waals surface area contributed by atoms with E-state index in [9.17, 15) is 9.59 Å². The number of anilines is 2. The summed E-state index contributed by atoms with van der Waals surface area (Å²) in [7, 11) is 0. The average Bonchev–Trinajstić information content (AvgIpc) is 3.10. The zero-order valence-corrected chi connectivity index (χ0v) is 18.3. The van der Waals surface area contributed by atoms with E-state index in [-0.39, 0.29) is 24.2 Å². The van der Waals surface area contributed by atoms with E-state index in [4.69, 9.17) is 11.6 Å². The maximum absolute atomic E-state index is 13.1. The summed E-state index contributed by atoms with van der Waals surface area (Å²) in [5, 5.41) is 0.587. The number of carbonyl (C=O) groups excluding carboxylic acids is 2. The normalized spacial score (nSPS) is 19.5. The largest absolute Gasteiger partial charge is 0.353 e. The van der Waals surface area contributed by atoms with Crippen molar-refractivity contribution < 1.29 is 9.59 Å². The molecule has 1 atom stereocenters. The van der Waals surface area contributed by atoms with Gasteiger partial charge in [-0.05, 0) is 38.5 Å². The molecule has 30 heavy (non-hydrogen) atoms. The van der Waals surface area contributed by atoms with E-state index in [1.165, 1.54) is 0 Å². The van der Waals surface area contributed by atoms with Gasteiger partial charge in [-0.1, -0.05) is 17.7 Å². The second-order valence-corrected chi connectivity index (χ2v) is 8.50. The molecule has 2 saturated heterocycles. The zero-order valence-electron chi connectivity index (χ0n) is 17.6. The number of hydrogen-bond donors (Lipinski definition) is 0. The van der Waals surface area contributed by atoms with Gasteiger partial charge in [0.1, 0.15) is 11.6 Å². The molecule has 0 spiro atoms. The number of nitrogens with zero attached hydrogens (tertiary/aromatic N) is 5. The number of rotatable bonds is 3. The standard InChI is InChI=1S/C22H26ClN5O2/c1-14-4-5-18(23)12-19(14)28-13-17(11-21(28)29)22(30)27-8-6-26(7-9-27)20-10-15(2)24-16(3)25-20/h4-5,10,12,17H,6-9,11,13H2,1-3H3. The van der Waals surface area contributed by atoms with Gasteiger partial charge in [-0.3, -0.25) is 9.59 Å². The topological polar surface area (TPSA) is 69.6 Å². The average molecular weight is 428 g/mol. The van der Waals surface area contributed by atoms with E-state index in [0.29, 0.717) is 24.7 Å². The summed E-state index contributed by atoms with van der Waals surface area (Å²) < 4.78 is 0. The van der Waals surface area contributed by atoms with Crippen molar-refractivity contribution in [2.75, 3.05) is 42.5 Å². The molecule has 8 heteroatoms. The minimum absolute atomic E-state index is 0.0238. The number of piperazine rings is 1. The Morgan fingerprint density at radius 3 is 2.50 bits per heavy atom. The first-order valence-electron chi connectivity index (χ1n) is 10.2. The van der Waals surface area contributed by atoms with Crippen molar-refractivity contribution in [3.63, 3.8) is 0 Å². The third-order valence-electron chi connectivity index (χ3n) is 5.80. The predicted octanol–water partition coefficient (Wildman–Crippen LogP) is 2.76. The summed E-state index contributed by atoms with van der Waals surface area (Å²) in [6, 6.07) is 7.48. The van der Waals surface area contributed by atoms with Gasteiger partial charge in [0, 0.05) is 61.6 Å². The van der Waals surface area contributed by atoms with Crippen LogP contribution in [0.25, 0.3) is 0 Å².